The molecule has 1 fully saturated rings. The summed E-state index contributed by atoms with van der Waals surface area (Å²) in [5.74, 6) is -3.95. The van der Waals surface area contributed by atoms with E-state index in [2.05, 4.69) is 21.2 Å². The summed E-state index contributed by atoms with van der Waals surface area (Å²) in [7, 11) is -3.95. The van der Waals surface area contributed by atoms with Crippen molar-refractivity contribution in [3.63, 3.8) is 0 Å². The summed E-state index contributed by atoms with van der Waals surface area (Å²) >= 11 is 5.14. The molecule has 17 heteroatoms. The Labute approximate surface area is 275 Å². The van der Waals surface area contributed by atoms with E-state index in [9.17, 15) is 40.8 Å². The molecule has 3 heterocycles. The molecule has 3 N–H and O–H groups in total. The lowest BCUT2D eigenvalue weighted by atomic mass is 9.83. The van der Waals surface area contributed by atoms with Gasteiger partial charge in [0.15, 0.2) is 0 Å². The van der Waals surface area contributed by atoms with Crippen molar-refractivity contribution < 1.29 is 36.0 Å². The van der Waals surface area contributed by atoms with Crippen molar-refractivity contribution in [2.24, 2.45) is 11.1 Å². The molecular formula is C29H20BrF3N4O6S3. The zero-order valence-corrected chi connectivity index (χ0v) is 27.1. The van der Waals surface area contributed by atoms with Gasteiger partial charge in [0.2, 0.25) is 27.7 Å². The van der Waals surface area contributed by atoms with Crippen LogP contribution in [0.3, 0.4) is 0 Å². The summed E-state index contributed by atoms with van der Waals surface area (Å²) in [6.07, 6.45) is -4.70. The maximum atomic E-state index is 14.0. The summed E-state index contributed by atoms with van der Waals surface area (Å²) in [4.78, 5) is 54.6. The van der Waals surface area contributed by atoms with Crippen molar-refractivity contribution in [2.45, 2.75) is 33.8 Å². The number of nitrogens with one attached hydrogen (secondary N) is 1. The maximum Gasteiger partial charge on any atom is 0.416 e. The first-order valence-electron chi connectivity index (χ1n) is 13.3. The van der Waals surface area contributed by atoms with Crippen LogP contribution in [0.25, 0.3) is 0 Å². The Hall–Kier alpha value is -3.77. The van der Waals surface area contributed by atoms with E-state index < -0.39 is 68.0 Å². The third kappa shape index (κ3) is 5.92. The van der Waals surface area contributed by atoms with Crippen molar-refractivity contribution in [2.75, 3.05) is 10.2 Å². The van der Waals surface area contributed by atoms with Crippen LogP contribution in [-0.4, -0.2) is 36.0 Å². The topological polar surface area (TPSA) is 149 Å². The van der Waals surface area contributed by atoms with Gasteiger partial charge in [0.1, 0.15) is 11.8 Å². The third-order valence-electron chi connectivity index (χ3n) is 7.46. The van der Waals surface area contributed by atoms with Crippen molar-refractivity contribution in [3.8, 4) is 0 Å². The van der Waals surface area contributed by atoms with Crippen molar-refractivity contribution in [3.05, 3.63) is 103 Å². The highest BCUT2D eigenvalue weighted by Crippen LogP contribution is 2.54. The second kappa shape index (κ2) is 11.8. The molecule has 2 aliphatic rings. The number of thiazole rings is 1. The second-order valence-corrected chi connectivity index (χ2v) is 15.0. The van der Waals surface area contributed by atoms with Crippen LogP contribution >= 0.6 is 39.0 Å². The van der Waals surface area contributed by atoms with Crippen molar-refractivity contribution >= 4 is 78.1 Å². The van der Waals surface area contributed by atoms with Crippen molar-refractivity contribution in [1.82, 2.24) is 4.57 Å². The number of rotatable bonds is 6. The fourth-order valence-corrected chi connectivity index (χ4v) is 9.17. The average Bonchev–Trinajstić information content (AvgIpc) is 3.42. The van der Waals surface area contributed by atoms with Gasteiger partial charge >= 0.3 is 11.0 Å². The number of thioether (sulfide) groups is 1. The van der Waals surface area contributed by atoms with Gasteiger partial charge in [-0.1, -0.05) is 57.2 Å². The minimum absolute atomic E-state index is 0.159. The van der Waals surface area contributed by atoms with Crippen LogP contribution in [0.2, 0.25) is 0 Å². The quantitative estimate of drug-likeness (QED) is 0.270. The Balaban J connectivity index is 1.37. The molecule has 0 spiro atoms. The normalized spacial score (nSPS) is 19.6. The number of nitrogens with two attached hydrogens (primary N) is 1. The molecule has 0 saturated carbocycles. The lowest BCUT2D eigenvalue weighted by molar-refractivity contribution is -0.137. The molecular weight excluding hydrogens is 733 g/mol. The number of nitrogens with zero attached hydrogens (tertiary/aromatic N) is 2. The third-order valence-corrected chi connectivity index (χ3v) is 11.5. The van der Waals surface area contributed by atoms with Gasteiger partial charge in [-0.25, -0.2) is 18.5 Å². The molecule has 4 aromatic rings. The molecule has 238 valence electrons. The first-order chi connectivity index (χ1) is 21.6. The summed E-state index contributed by atoms with van der Waals surface area (Å²) in [6.45, 7) is -0.476. The van der Waals surface area contributed by atoms with E-state index in [1.54, 1.807) is 24.3 Å². The van der Waals surface area contributed by atoms with Gasteiger partial charge in [-0.2, -0.15) is 13.2 Å². The highest BCUT2D eigenvalue weighted by molar-refractivity contribution is 9.10. The molecule has 3 atom stereocenters. The number of benzene rings is 3. The Morgan fingerprint density at radius 3 is 2.33 bits per heavy atom. The van der Waals surface area contributed by atoms with Crippen LogP contribution < -0.4 is 20.2 Å². The van der Waals surface area contributed by atoms with Crippen LogP contribution in [0.15, 0.2) is 92.0 Å². The minimum Gasteiger partial charge on any atom is -0.325 e. The molecule has 0 radical (unpaired) electrons. The molecule has 0 aliphatic carbocycles. The molecule has 10 nitrogen and oxygen atoms in total. The summed E-state index contributed by atoms with van der Waals surface area (Å²) in [5.41, 5.74) is -0.412. The molecule has 2 aliphatic heterocycles. The predicted octanol–water partition coefficient (Wildman–Crippen LogP) is 4.77. The standard InChI is InChI=1S/C29H20BrF3N4O6S3/c30-16-5-1-3-14(11-16)21-22-23(26(40)37(25(22)39)18-6-2-4-15(12-18)29(31,32)33)44-27-24(21)45-28(41)36(27)13-20(38)35-17-7-9-19(10-8-17)46(34,42)43/h1-12,21-23H,13H2,(H,35,38)(H2,34,42,43). The van der Waals surface area contributed by atoms with Gasteiger partial charge in [-0.3, -0.25) is 23.7 Å². The number of hydrogen-bond acceptors (Lipinski definition) is 8. The molecule has 1 aromatic heterocycles. The van der Waals surface area contributed by atoms with E-state index >= 15 is 0 Å². The monoisotopic (exact) mass is 752 g/mol. The molecule has 3 amide bonds. The number of halogens is 4. The van der Waals surface area contributed by atoms with Crippen LogP contribution in [0.4, 0.5) is 24.5 Å². The smallest absolute Gasteiger partial charge is 0.325 e. The number of alkyl halides is 3. The largest absolute Gasteiger partial charge is 0.416 e. The maximum absolute atomic E-state index is 14.0. The number of hydrogen-bond donors (Lipinski definition) is 2. The van der Waals surface area contributed by atoms with Gasteiger partial charge in [-0.05, 0) is 60.2 Å². The van der Waals surface area contributed by atoms with Crippen LogP contribution in [0.5, 0.6) is 0 Å². The number of fused-ring (bicyclic) bond motifs is 2. The molecule has 1 saturated heterocycles. The fourth-order valence-electron chi connectivity index (χ4n) is 5.46. The molecule has 6 rings (SSSR count). The Morgan fingerprint density at radius 1 is 0.978 bits per heavy atom. The lowest BCUT2D eigenvalue weighted by Crippen LogP contribution is -2.33. The average molecular weight is 754 g/mol. The Kier molecular flexibility index (Phi) is 8.25. The number of carbonyl (C=O) groups is 3. The van der Waals surface area contributed by atoms with Crippen LogP contribution in [-0.2, 0) is 37.1 Å². The van der Waals surface area contributed by atoms with E-state index in [0.717, 1.165) is 46.2 Å². The highest BCUT2D eigenvalue weighted by Gasteiger charge is 2.57. The summed E-state index contributed by atoms with van der Waals surface area (Å²) < 4.78 is 65.4. The molecule has 3 aromatic carbocycles. The number of amides is 3. The van der Waals surface area contributed by atoms with Crippen LogP contribution in [0.1, 0.15) is 21.9 Å². The SMILES string of the molecule is NS(=O)(=O)c1ccc(NC(=O)Cn2c3c(sc2=O)C(c2cccc(Br)c2)C2C(=O)N(c4cccc(C(F)(F)F)c4)C(=O)C2S3)cc1. The van der Waals surface area contributed by atoms with E-state index in [-0.39, 0.29) is 21.3 Å². The van der Waals surface area contributed by atoms with Gasteiger partial charge in [-0.15, -0.1) is 0 Å². The van der Waals surface area contributed by atoms with Crippen molar-refractivity contribution in [1.29, 1.82) is 0 Å². The van der Waals surface area contributed by atoms with E-state index in [4.69, 9.17) is 5.14 Å². The predicted molar refractivity (Wildman–Crippen MR) is 168 cm³/mol. The first-order valence-corrected chi connectivity index (χ1v) is 17.3. The molecule has 0 bridgehead atoms. The number of primary sulfonamides is 1. The Morgan fingerprint density at radius 2 is 1.67 bits per heavy atom. The number of carbonyl (C=O) groups excluding carboxylic acids is 3. The van der Waals surface area contributed by atoms with Gasteiger partial charge < -0.3 is 5.32 Å². The first kappa shape index (κ1) is 32.2. The zero-order chi connectivity index (χ0) is 33.1. The van der Waals surface area contributed by atoms with Gasteiger partial charge in [0, 0.05) is 21.0 Å². The highest BCUT2D eigenvalue weighted by atomic mass is 79.9. The minimum atomic E-state index is -4.70. The molecule has 46 heavy (non-hydrogen) atoms. The molecule has 3 unspecified atom stereocenters. The number of aromatic nitrogens is 1. The fraction of sp³-hybridized carbons (Fsp3) is 0.172. The number of imide groups is 1. The summed E-state index contributed by atoms with van der Waals surface area (Å²) in [5, 5.41) is 6.88. The second-order valence-electron chi connectivity index (χ2n) is 10.4. The lowest BCUT2D eigenvalue weighted by Gasteiger charge is -2.30. The number of sulfonamides is 1. The van der Waals surface area contributed by atoms with E-state index in [1.165, 1.54) is 34.9 Å². The van der Waals surface area contributed by atoms with E-state index in [0.29, 0.717) is 14.9 Å². The van der Waals surface area contributed by atoms with Crippen LogP contribution in [0, 0.1) is 5.92 Å². The van der Waals surface area contributed by atoms with Gasteiger partial charge in [0.05, 0.1) is 27.1 Å². The number of anilines is 2. The summed E-state index contributed by atoms with van der Waals surface area (Å²) in [6, 6.07) is 16.0. The van der Waals surface area contributed by atoms with E-state index in [1.807, 2.05) is 0 Å². The Bertz CT molecular complexity index is 2080. The van der Waals surface area contributed by atoms with Gasteiger partial charge in [0.25, 0.3) is 0 Å². The zero-order valence-electron chi connectivity index (χ0n) is 23.0.